The number of hydrogen-bond acceptors (Lipinski definition) is 0. The van der Waals surface area contributed by atoms with E-state index in [1.54, 1.807) is 0 Å². The SMILES string of the molecule is FC1(F)C(F)(F)C(F)(F)C(F)(C(F)(F)C2(F)C(F)(F)C(F)(F)C(F)(F)C(F)(F)C2(F)F)C(F)(F)C1(F)F. The van der Waals surface area contributed by atoms with Crippen molar-refractivity contribution in [2.75, 3.05) is 0 Å². The summed E-state index contributed by atoms with van der Waals surface area (Å²) in [4.78, 5) is 0. The zero-order valence-electron chi connectivity index (χ0n) is 15.6. The van der Waals surface area contributed by atoms with E-state index in [1.165, 1.54) is 0 Å². The average molecular weight is 612 g/mol. The van der Waals surface area contributed by atoms with Crippen molar-refractivity contribution < 1.29 is 105 Å². The standard InChI is InChI=1S/C13F24/c14-1(4(18,19)8(26,27)12(34,35)9(28,29)5(1,20)21)3(16,17)2(15)6(22,23)10(30,31)13(36,37)11(32,33)7(2,24)25. The molecule has 220 valence electrons. The molecular weight excluding hydrogens is 612 g/mol. The first kappa shape index (κ1) is 31.5. The van der Waals surface area contributed by atoms with Crippen LogP contribution in [0.3, 0.4) is 0 Å². The van der Waals surface area contributed by atoms with E-state index >= 15 is 0 Å². The van der Waals surface area contributed by atoms with Crippen LogP contribution in [0.2, 0.25) is 0 Å². The van der Waals surface area contributed by atoms with E-state index in [1.807, 2.05) is 0 Å². The van der Waals surface area contributed by atoms with Crippen molar-refractivity contribution in [2.24, 2.45) is 0 Å². The Kier molecular flexibility index (Phi) is 5.58. The quantitative estimate of drug-likeness (QED) is 0.285. The lowest BCUT2D eigenvalue weighted by molar-refractivity contribution is -0.547. The summed E-state index contributed by atoms with van der Waals surface area (Å²) in [6.07, 6.45) is 0. The van der Waals surface area contributed by atoms with Gasteiger partial charge in [0.15, 0.2) is 0 Å². The normalized spacial score (nSPS) is 34.4. The van der Waals surface area contributed by atoms with Crippen LogP contribution in [-0.4, -0.2) is 76.5 Å². The van der Waals surface area contributed by atoms with Gasteiger partial charge in [0.1, 0.15) is 0 Å². The molecule has 0 aromatic heterocycles. The molecule has 0 radical (unpaired) electrons. The van der Waals surface area contributed by atoms with Crippen molar-refractivity contribution in [1.82, 2.24) is 0 Å². The highest BCUT2D eigenvalue weighted by molar-refractivity contribution is 5.38. The average Bonchev–Trinajstić information content (AvgIpc) is 2.68. The highest BCUT2D eigenvalue weighted by Crippen LogP contribution is 2.79. The minimum Gasteiger partial charge on any atom is -0.223 e. The summed E-state index contributed by atoms with van der Waals surface area (Å²) in [5.74, 6) is -99.0. The zero-order valence-corrected chi connectivity index (χ0v) is 15.6. The minimum absolute atomic E-state index is 8.49. The van der Waals surface area contributed by atoms with Gasteiger partial charge in [-0.05, 0) is 0 Å². The molecule has 0 saturated heterocycles. The molecule has 0 nitrogen and oxygen atoms in total. The number of rotatable bonds is 2. The van der Waals surface area contributed by atoms with Crippen LogP contribution in [0.25, 0.3) is 0 Å². The maximum absolute atomic E-state index is 14.5. The van der Waals surface area contributed by atoms with Gasteiger partial charge in [-0.3, -0.25) is 0 Å². The van der Waals surface area contributed by atoms with Crippen LogP contribution in [-0.2, 0) is 0 Å². The van der Waals surface area contributed by atoms with Crippen LogP contribution in [0.4, 0.5) is 105 Å². The molecule has 24 heteroatoms. The first-order valence-corrected chi connectivity index (χ1v) is 8.04. The fraction of sp³-hybridized carbons (Fsp3) is 1.00. The lowest BCUT2D eigenvalue weighted by Gasteiger charge is -2.59. The van der Waals surface area contributed by atoms with E-state index in [0.717, 1.165) is 0 Å². The monoisotopic (exact) mass is 612 g/mol. The van der Waals surface area contributed by atoms with Crippen molar-refractivity contribution >= 4 is 0 Å². The van der Waals surface area contributed by atoms with Crippen molar-refractivity contribution in [3.05, 3.63) is 0 Å². The van der Waals surface area contributed by atoms with Crippen LogP contribution in [0.15, 0.2) is 0 Å². The predicted molar refractivity (Wildman–Crippen MR) is 62.1 cm³/mol. The lowest BCUT2D eigenvalue weighted by atomic mass is 9.60. The number of halogens is 24. The van der Waals surface area contributed by atoms with Crippen molar-refractivity contribution in [1.29, 1.82) is 0 Å². The molecule has 0 unspecified atom stereocenters. The fourth-order valence-corrected chi connectivity index (χ4v) is 3.47. The van der Waals surface area contributed by atoms with Crippen LogP contribution in [0, 0.1) is 0 Å². The minimum atomic E-state index is -9.91. The second-order valence-electron chi connectivity index (χ2n) is 7.64. The van der Waals surface area contributed by atoms with Gasteiger partial charge in [0.05, 0.1) is 0 Å². The fourth-order valence-electron chi connectivity index (χ4n) is 3.47. The van der Waals surface area contributed by atoms with Gasteiger partial charge in [0.2, 0.25) is 0 Å². The molecule has 2 saturated carbocycles. The Hall–Kier alpha value is -1.68. The summed E-state index contributed by atoms with van der Waals surface area (Å²) >= 11 is 0. The summed E-state index contributed by atoms with van der Waals surface area (Å²) in [7, 11) is 0. The van der Waals surface area contributed by atoms with Gasteiger partial charge in [-0.25, -0.2) is 8.78 Å². The molecule has 37 heavy (non-hydrogen) atoms. The van der Waals surface area contributed by atoms with Crippen molar-refractivity contribution in [3.63, 3.8) is 0 Å². The summed E-state index contributed by atoms with van der Waals surface area (Å²) in [5.41, 5.74) is -19.4. The largest absolute Gasteiger partial charge is 0.384 e. The van der Waals surface area contributed by atoms with E-state index in [-0.39, 0.29) is 0 Å². The molecule has 0 heterocycles. The van der Waals surface area contributed by atoms with Crippen molar-refractivity contribution in [3.8, 4) is 0 Å². The van der Waals surface area contributed by atoms with E-state index < -0.39 is 76.5 Å². The second kappa shape index (κ2) is 6.54. The Morgan fingerprint density at radius 1 is 0.216 bits per heavy atom. The first-order valence-electron chi connectivity index (χ1n) is 8.04. The van der Waals surface area contributed by atoms with Crippen molar-refractivity contribution in [2.45, 2.75) is 76.5 Å². The van der Waals surface area contributed by atoms with E-state index in [2.05, 4.69) is 0 Å². The Morgan fingerprint density at radius 3 is 0.459 bits per heavy atom. The second-order valence-corrected chi connectivity index (χ2v) is 7.64. The Balaban J connectivity index is 3.23. The van der Waals surface area contributed by atoms with Gasteiger partial charge in [0, 0.05) is 0 Å². The van der Waals surface area contributed by atoms with Gasteiger partial charge < -0.3 is 0 Å². The third-order valence-corrected chi connectivity index (χ3v) is 5.75. The van der Waals surface area contributed by atoms with Gasteiger partial charge in [-0.15, -0.1) is 0 Å². The smallest absolute Gasteiger partial charge is 0.223 e. The lowest BCUT2D eigenvalue weighted by Crippen LogP contribution is -2.94. The third kappa shape index (κ3) is 2.32. The molecule has 0 aromatic carbocycles. The summed E-state index contributed by atoms with van der Waals surface area (Å²) < 4.78 is 327. The first-order chi connectivity index (χ1) is 15.5. The molecule has 2 aliphatic carbocycles. The molecule has 0 N–H and O–H groups in total. The summed E-state index contributed by atoms with van der Waals surface area (Å²) in [5, 5.41) is 0. The Bertz CT molecular complexity index is 831. The zero-order chi connectivity index (χ0) is 30.5. The maximum Gasteiger partial charge on any atom is 0.384 e. The topological polar surface area (TPSA) is 0 Å². The van der Waals surface area contributed by atoms with E-state index in [9.17, 15) is 105 Å². The van der Waals surface area contributed by atoms with Gasteiger partial charge >= 0.3 is 76.5 Å². The van der Waals surface area contributed by atoms with Gasteiger partial charge in [-0.2, -0.15) is 96.6 Å². The Morgan fingerprint density at radius 2 is 0.324 bits per heavy atom. The van der Waals surface area contributed by atoms with E-state index in [4.69, 9.17) is 0 Å². The van der Waals surface area contributed by atoms with Crippen LogP contribution < -0.4 is 0 Å². The molecular formula is C13F24. The number of alkyl halides is 24. The van der Waals surface area contributed by atoms with E-state index in [0.29, 0.717) is 0 Å². The molecule has 0 aromatic rings. The molecule has 2 fully saturated rings. The van der Waals surface area contributed by atoms with Crippen LogP contribution in [0.5, 0.6) is 0 Å². The molecule has 0 bridgehead atoms. The Labute approximate surface area is 183 Å². The summed E-state index contributed by atoms with van der Waals surface area (Å²) in [6.45, 7) is 0. The summed E-state index contributed by atoms with van der Waals surface area (Å²) in [6, 6.07) is 0. The molecule has 0 atom stereocenters. The molecule has 0 amide bonds. The van der Waals surface area contributed by atoms with Gasteiger partial charge in [0.25, 0.3) is 0 Å². The maximum atomic E-state index is 14.5. The molecule has 0 aliphatic heterocycles. The molecule has 2 rings (SSSR count). The molecule has 0 spiro atoms. The van der Waals surface area contributed by atoms with Crippen LogP contribution in [0.1, 0.15) is 0 Å². The predicted octanol–water partition coefficient (Wildman–Crippen LogP) is 7.42. The third-order valence-electron chi connectivity index (χ3n) is 5.75. The molecule has 2 aliphatic rings. The number of hydrogen-bond donors (Lipinski definition) is 0. The van der Waals surface area contributed by atoms with Crippen LogP contribution >= 0.6 is 0 Å². The highest BCUT2D eigenvalue weighted by atomic mass is 19.4. The highest BCUT2D eigenvalue weighted by Gasteiger charge is 3.13. The van der Waals surface area contributed by atoms with Gasteiger partial charge in [-0.1, -0.05) is 0 Å².